The highest BCUT2D eigenvalue weighted by Crippen LogP contribution is 2.22. The summed E-state index contributed by atoms with van der Waals surface area (Å²) in [5.41, 5.74) is 6.96. The number of nitrogens with zero attached hydrogens (tertiary/aromatic N) is 1. The van der Waals surface area contributed by atoms with Gasteiger partial charge in [0.2, 0.25) is 5.91 Å². The summed E-state index contributed by atoms with van der Waals surface area (Å²) in [5, 5.41) is 2.63. The second-order valence-corrected chi connectivity index (χ2v) is 4.14. The van der Waals surface area contributed by atoms with Crippen molar-refractivity contribution in [3.05, 3.63) is 24.3 Å². The third kappa shape index (κ3) is 2.71. The van der Waals surface area contributed by atoms with Crippen molar-refractivity contribution in [2.45, 2.75) is 13.0 Å². The molecule has 6 heteroatoms. The number of nitrogens with two attached hydrogens (primary N) is 1. The van der Waals surface area contributed by atoms with Crippen molar-refractivity contribution in [3.63, 3.8) is 0 Å². The lowest BCUT2D eigenvalue weighted by Gasteiger charge is -2.13. The number of cyclic esters (lactones) is 1. The average molecular weight is 249 g/mol. The van der Waals surface area contributed by atoms with Gasteiger partial charge in [-0.2, -0.15) is 0 Å². The maximum atomic E-state index is 11.7. The zero-order valence-electron chi connectivity index (χ0n) is 10.1. The van der Waals surface area contributed by atoms with Crippen molar-refractivity contribution in [1.29, 1.82) is 0 Å². The number of carbonyl (C=O) groups excluding carboxylic acids is 2. The van der Waals surface area contributed by atoms with Crippen molar-refractivity contribution in [1.82, 2.24) is 5.32 Å². The fraction of sp³-hybridized carbons (Fsp3) is 0.333. The molecule has 0 aromatic heterocycles. The molecule has 0 spiro atoms. The van der Waals surface area contributed by atoms with Crippen LogP contribution in [0.4, 0.5) is 16.2 Å². The molecule has 1 aromatic carbocycles. The normalized spacial score (nSPS) is 18.6. The van der Waals surface area contributed by atoms with Crippen LogP contribution in [0.15, 0.2) is 24.3 Å². The highest BCUT2D eigenvalue weighted by molar-refractivity contribution is 5.90. The van der Waals surface area contributed by atoms with Gasteiger partial charge in [-0.3, -0.25) is 9.69 Å². The van der Waals surface area contributed by atoms with E-state index in [1.165, 1.54) is 11.8 Å². The fourth-order valence-corrected chi connectivity index (χ4v) is 1.75. The zero-order chi connectivity index (χ0) is 13.1. The molecule has 1 saturated heterocycles. The number of ether oxygens (including phenoxy) is 1. The molecule has 0 aliphatic carbocycles. The number of rotatable bonds is 3. The van der Waals surface area contributed by atoms with E-state index in [1.54, 1.807) is 24.3 Å². The molecule has 2 rings (SSSR count). The predicted octanol–water partition coefficient (Wildman–Crippen LogP) is 0.730. The first-order valence-corrected chi connectivity index (χ1v) is 5.64. The quantitative estimate of drug-likeness (QED) is 0.773. The van der Waals surface area contributed by atoms with Crippen molar-refractivity contribution in [3.8, 4) is 0 Å². The molecule has 1 fully saturated rings. The first kappa shape index (κ1) is 12.2. The number of nitrogen functional groups attached to an aromatic ring is 1. The number of benzene rings is 1. The van der Waals surface area contributed by atoms with Crippen molar-refractivity contribution >= 4 is 23.4 Å². The summed E-state index contributed by atoms with van der Waals surface area (Å²) in [6, 6.07) is 6.97. The Kier molecular flexibility index (Phi) is 3.36. The first-order valence-electron chi connectivity index (χ1n) is 5.64. The maximum Gasteiger partial charge on any atom is 0.414 e. The molecule has 0 saturated carbocycles. The number of amides is 2. The van der Waals surface area contributed by atoms with Gasteiger partial charge in [0.25, 0.3) is 0 Å². The lowest BCUT2D eigenvalue weighted by atomic mass is 10.2. The van der Waals surface area contributed by atoms with E-state index in [9.17, 15) is 9.59 Å². The smallest absolute Gasteiger partial charge is 0.414 e. The summed E-state index contributed by atoms with van der Waals surface area (Å²) in [6.07, 6.45) is -0.728. The Morgan fingerprint density at radius 3 is 2.78 bits per heavy atom. The van der Waals surface area contributed by atoms with Gasteiger partial charge in [0.05, 0.1) is 13.1 Å². The van der Waals surface area contributed by atoms with Crippen molar-refractivity contribution in [2.24, 2.45) is 0 Å². The van der Waals surface area contributed by atoms with E-state index >= 15 is 0 Å². The van der Waals surface area contributed by atoms with Gasteiger partial charge in [-0.1, -0.05) is 0 Å². The molecule has 18 heavy (non-hydrogen) atoms. The maximum absolute atomic E-state index is 11.7. The van der Waals surface area contributed by atoms with E-state index in [2.05, 4.69) is 5.32 Å². The Balaban J connectivity index is 2.00. The SMILES string of the molecule is CC(=O)NC[C@H]1CN(c2ccc(N)cc2)C(=O)O1. The molecule has 1 heterocycles. The Labute approximate surface area is 105 Å². The average Bonchev–Trinajstić information content (AvgIpc) is 2.69. The molecule has 1 aromatic rings. The Hall–Kier alpha value is -2.24. The Bertz CT molecular complexity index is 458. The van der Waals surface area contributed by atoms with Gasteiger partial charge in [0, 0.05) is 18.3 Å². The van der Waals surface area contributed by atoms with Gasteiger partial charge in [-0.15, -0.1) is 0 Å². The van der Waals surface area contributed by atoms with Crippen molar-refractivity contribution in [2.75, 3.05) is 23.7 Å². The van der Waals surface area contributed by atoms with Crippen LogP contribution in [0, 0.1) is 0 Å². The van der Waals surface area contributed by atoms with Crippen LogP contribution in [0.1, 0.15) is 6.92 Å². The molecule has 1 aliphatic rings. The van der Waals surface area contributed by atoms with Gasteiger partial charge >= 0.3 is 6.09 Å². The molecular weight excluding hydrogens is 234 g/mol. The predicted molar refractivity (Wildman–Crippen MR) is 67.2 cm³/mol. The minimum atomic E-state index is -0.407. The molecular formula is C12H15N3O3. The Morgan fingerprint density at radius 2 is 2.17 bits per heavy atom. The van der Waals surface area contributed by atoms with E-state index in [-0.39, 0.29) is 12.0 Å². The standard InChI is InChI=1S/C12H15N3O3/c1-8(16)14-6-11-7-15(12(17)18-11)10-4-2-9(13)3-5-10/h2-5,11H,6-7,13H2,1H3,(H,14,16)/t11-/m0/s1. The molecule has 6 nitrogen and oxygen atoms in total. The third-order valence-electron chi connectivity index (χ3n) is 2.66. The van der Waals surface area contributed by atoms with E-state index < -0.39 is 6.09 Å². The van der Waals surface area contributed by atoms with E-state index in [0.717, 1.165) is 5.69 Å². The second-order valence-electron chi connectivity index (χ2n) is 4.14. The van der Waals surface area contributed by atoms with E-state index in [1.807, 2.05) is 0 Å². The number of carbonyl (C=O) groups is 2. The van der Waals surface area contributed by atoms with Gasteiger partial charge in [-0.05, 0) is 24.3 Å². The molecule has 3 N–H and O–H groups in total. The van der Waals surface area contributed by atoms with Crippen LogP contribution in [-0.4, -0.2) is 31.2 Å². The van der Waals surface area contributed by atoms with Gasteiger partial charge in [0.15, 0.2) is 0 Å². The molecule has 0 bridgehead atoms. The van der Waals surface area contributed by atoms with Crippen LogP contribution in [0.5, 0.6) is 0 Å². The Morgan fingerprint density at radius 1 is 1.50 bits per heavy atom. The van der Waals surface area contributed by atoms with Crippen LogP contribution in [0.25, 0.3) is 0 Å². The summed E-state index contributed by atoms with van der Waals surface area (Å²) < 4.78 is 5.15. The molecule has 0 unspecified atom stereocenters. The fourth-order valence-electron chi connectivity index (χ4n) is 1.75. The zero-order valence-corrected chi connectivity index (χ0v) is 10.1. The van der Waals surface area contributed by atoms with Crippen LogP contribution in [-0.2, 0) is 9.53 Å². The largest absolute Gasteiger partial charge is 0.442 e. The van der Waals surface area contributed by atoms with E-state index in [4.69, 9.17) is 10.5 Å². The third-order valence-corrected chi connectivity index (χ3v) is 2.66. The van der Waals surface area contributed by atoms with Gasteiger partial charge in [-0.25, -0.2) is 4.79 Å². The van der Waals surface area contributed by atoms with Crippen LogP contribution >= 0.6 is 0 Å². The minimum Gasteiger partial charge on any atom is -0.442 e. The molecule has 96 valence electrons. The highest BCUT2D eigenvalue weighted by Gasteiger charge is 2.32. The monoisotopic (exact) mass is 249 g/mol. The number of hydrogen-bond donors (Lipinski definition) is 2. The summed E-state index contributed by atoms with van der Waals surface area (Å²) in [6.45, 7) is 2.17. The first-order chi connectivity index (χ1) is 8.56. The van der Waals surface area contributed by atoms with Crippen molar-refractivity contribution < 1.29 is 14.3 Å². The second kappa shape index (κ2) is 4.95. The van der Waals surface area contributed by atoms with Crippen LogP contribution in [0.2, 0.25) is 0 Å². The van der Waals surface area contributed by atoms with Crippen LogP contribution in [0.3, 0.4) is 0 Å². The highest BCUT2D eigenvalue weighted by atomic mass is 16.6. The lowest BCUT2D eigenvalue weighted by molar-refractivity contribution is -0.119. The number of anilines is 2. The minimum absolute atomic E-state index is 0.142. The summed E-state index contributed by atoms with van der Waals surface area (Å²) in [7, 11) is 0. The van der Waals surface area contributed by atoms with Crippen LogP contribution < -0.4 is 16.0 Å². The van der Waals surface area contributed by atoms with E-state index in [0.29, 0.717) is 18.8 Å². The summed E-state index contributed by atoms with van der Waals surface area (Å²) in [4.78, 5) is 24.0. The number of nitrogens with one attached hydrogen (secondary N) is 1. The number of hydrogen-bond acceptors (Lipinski definition) is 4. The molecule has 2 amide bonds. The molecule has 1 atom stereocenters. The molecule has 1 aliphatic heterocycles. The molecule has 0 radical (unpaired) electrons. The summed E-state index contributed by atoms with van der Waals surface area (Å²) >= 11 is 0. The van der Waals surface area contributed by atoms with Gasteiger partial charge < -0.3 is 15.8 Å². The lowest BCUT2D eigenvalue weighted by Crippen LogP contribution is -2.33. The summed E-state index contributed by atoms with van der Waals surface area (Å²) in [5.74, 6) is -0.142. The topological polar surface area (TPSA) is 84.7 Å². The van der Waals surface area contributed by atoms with Gasteiger partial charge in [0.1, 0.15) is 6.10 Å².